The monoisotopic (exact) mass is 912 g/mol. The van der Waals surface area contributed by atoms with Crippen LogP contribution in [0.1, 0.15) is 95.2 Å². The number of aliphatic hydroxyl groups excluding tert-OH is 1. The molecular formula is C54H64N4O9. The van der Waals surface area contributed by atoms with E-state index in [1.54, 1.807) is 33.1 Å². The van der Waals surface area contributed by atoms with Crippen LogP contribution >= 0.6 is 0 Å². The van der Waals surface area contributed by atoms with E-state index >= 15 is 4.79 Å². The van der Waals surface area contributed by atoms with Crippen LogP contribution < -0.4 is 24.5 Å². The molecule has 1 amide bonds. The second-order valence-corrected chi connectivity index (χ2v) is 18.4. The third kappa shape index (κ3) is 8.85. The lowest BCUT2D eigenvalue weighted by atomic mass is 9.72. The van der Waals surface area contributed by atoms with Gasteiger partial charge in [-0.25, -0.2) is 4.68 Å². The Morgan fingerprint density at radius 3 is 2.07 bits per heavy atom. The van der Waals surface area contributed by atoms with Gasteiger partial charge >= 0.3 is 0 Å². The molecule has 13 nitrogen and oxygen atoms in total. The summed E-state index contributed by atoms with van der Waals surface area (Å²) in [6.45, 7) is 6.80. The molecule has 0 spiro atoms. The quantitative estimate of drug-likeness (QED) is 0.117. The van der Waals surface area contributed by atoms with Crippen molar-refractivity contribution in [1.82, 2.24) is 19.2 Å². The summed E-state index contributed by atoms with van der Waals surface area (Å²) >= 11 is 0. The number of para-hydroxylation sites is 1. The van der Waals surface area contributed by atoms with E-state index in [0.29, 0.717) is 42.4 Å². The van der Waals surface area contributed by atoms with Crippen molar-refractivity contribution >= 4 is 5.91 Å². The molecule has 5 aromatic rings. The van der Waals surface area contributed by atoms with E-state index in [1.165, 1.54) is 11.1 Å². The SMILES string of the molecule is CC[C@H]1CN2CCc3cc(OC)c(OC)cc3[C@@H]2C[C@@H]1C[C@@H]1c2cc(OC)c(OC)cc2CCN1C(=O)C1=C[C@H](c2c(C)n(C)n(-c3ccccc3)c2=O)C[C@H](OCc2ccc(CO)cc2)O1. The van der Waals surface area contributed by atoms with E-state index in [2.05, 4.69) is 36.1 Å². The van der Waals surface area contributed by atoms with Crippen molar-refractivity contribution in [3.63, 3.8) is 0 Å². The maximum absolute atomic E-state index is 15.6. The predicted octanol–water partition coefficient (Wildman–Crippen LogP) is 8.10. The number of piperidine rings is 1. The number of fused-ring (bicyclic) bond motifs is 4. The maximum atomic E-state index is 15.6. The van der Waals surface area contributed by atoms with Crippen LogP contribution in [0.2, 0.25) is 0 Å². The zero-order valence-corrected chi connectivity index (χ0v) is 39.8. The highest BCUT2D eigenvalue weighted by molar-refractivity contribution is 5.92. The Morgan fingerprint density at radius 1 is 0.791 bits per heavy atom. The zero-order valence-electron chi connectivity index (χ0n) is 39.8. The lowest BCUT2D eigenvalue weighted by molar-refractivity contribution is -0.158. The van der Waals surface area contributed by atoms with Crippen LogP contribution in [0.4, 0.5) is 0 Å². The first kappa shape index (κ1) is 46.1. The molecule has 67 heavy (non-hydrogen) atoms. The lowest BCUT2D eigenvalue weighted by Crippen LogP contribution is -2.48. The largest absolute Gasteiger partial charge is 0.493 e. The van der Waals surface area contributed by atoms with Gasteiger partial charge in [-0.05, 0) is 120 Å². The summed E-state index contributed by atoms with van der Waals surface area (Å²) in [6.07, 6.45) is 5.61. The number of hydrogen-bond acceptors (Lipinski definition) is 10. The average Bonchev–Trinajstić information content (AvgIpc) is 3.60. The fourth-order valence-electron chi connectivity index (χ4n) is 11.3. The van der Waals surface area contributed by atoms with Crippen LogP contribution in [0.25, 0.3) is 5.69 Å². The summed E-state index contributed by atoms with van der Waals surface area (Å²) in [5.41, 5.74) is 8.45. The van der Waals surface area contributed by atoms with E-state index in [4.69, 9.17) is 28.4 Å². The van der Waals surface area contributed by atoms with Gasteiger partial charge < -0.3 is 38.4 Å². The topological polar surface area (TPSA) is 126 Å². The summed E-state index contributed by atoms with van der Waals surface area (Å²) in [7, 11) is 8.57. The molecule has 13 heteroatoms. The van der Waals surface area contributed by atoms with Gasteiger partial charge in [-0.3, -0.25) is 19.2 Å². The second kappa shape index (κ2) is 19.7. The number of aliphatic hydroxyl groups is 1. The molecular weight excluding hydrogens is 849 g/mol. The minimum absolute atomic E-state index is 0.0538. The van der Waals surface area contributed by atoms with Gasteiger partial charge in [0.2, 0.25) is 6.29 Å². The fourth-order valence-corrected chi connectivity index (χ4v) is 11.3. The Balaban J connectivity index is 1.09. The molecule has 6 atom stereocenters. The molecule has 354 valence electrons. The molecule has 5 heterocycles. The third-order valence-corrected chi connectivity index (χ3v) is 15.0. The molecule has 9 rings (SSSR count). The van der Waals surface area contributed by atoms with Gasteiger partial charge in [-0.15, -0.1) is 0 Å². The molecule has 1 N–H and O–H groups in total. The van der Waals surface area contributed by atoms with Crippen LogP contribution in [-0.4, -0.2) is 84.5 Å². The molecule has 1 saturated heterocycles. The highest BCUT2D eigenvalue weighted by Crippen LogP contribution is 2.50. The number of amides is 1. The average molecular weight is 913 g/mol. The van der Waals surface area contributed by atoms with Crippen molar-refractivity contribution in [1.29, 1.82) is 0 Å². The molecule has 1 aromatic heterocycles. The van der Waals surface area contributed by atoms with Gasteiger partial charge in [0.15, 0.2) is 28.8 Å². The van der Waals surface area contributed by atoms with Gasteiger partial charge in [-0.2, -0.15) is 0 Å². The van der Waals surface area contributed by atoms with E-state index in [-0.39, 0.29) is 48.4 Å². The molecule has 4 aromatic carbocycles. The molecule has 0 radical (unpaired) electrons. The van der Waals surface area contributed by atoms with E-state index < -0.39 is 12.2 Å². The van der Waals surface area contributed by atoms with Crippen molar-refractivity contribution in [3.05, 3.63) is 146 Å². The summed E-state index contributed by atoms with van der Waals surface area (Å²) in [4.78, 5) is 34.7. The third-order valence-electron chi connectivity index (χ3n) is 15.0. The normalized spacial score (nSPS) is 22.4. The number of allylic oxidation sites excluding steroid dienone is 1. The van der Waals surface area contributed by atoms with Crippen LogP contribution in [0.3, 0.4) is 0 Å². The molecule has 4 aliphatic heterocycles. The number of benzene rings is 4. The van der Waals surface area contributed by atoms with E-state index in [9.17, 15) is 9.90 Å². The van der Waals surface area contributed by atoms with Crippen molar-refractivity contribution < 1.29 is 38.3 Å². The van der Waals surface area contributed by atoms with E-state index in [0.717, 1.165) is 83.9 Å². The number of carbonyl (C=O) groups excluding carboxylic acids is 1. The fraction of sp³-hybridized carbons (Fsp3) is 0.444. The maximum Gasteiger partial charge on any atom is 0.289 e. The van der Waals surface area contributed by atoms with Crippen molar-refractivity contribution in [2.24, 2.45) is 18.9 Å². The molecule has 0 aliphatic carbocycles. The molecule has 4 aliphatic rings. The Bertz CT molecular complexity index is 2670. The highest BCUT2D eigenvalue weighted by atomic mass is 16.7. The Morgan fingerprint density at radius 2 is 1.42 bits per heavy atom. The smallest absolute Gasteiger partial charge is 0.289 e. The summed E-state index contributed by atoms with van der Waals surface area (Å²) in [6, 6.07) is 25.5. The van der Waals surface area contributed by atoms with Gasteiger partial charge in [0, 0.05) is 56.3 Å². The van der Waals surface area contributed by atoms with Crippen LogP contribution in [-0.2, 0) is 47.4 Å². The summed E-state index contributed by atoms with van der Waals surface area (Å²) in [5, 5.41) is 9.64. The minimum atomic E-state index is -0.827. The van der Waals surface area contributed by atoms with Crippen LogP contribution in [0.15, 0.2) is 95.5 Å². The van der Waals surface area contributed by atoms with E-state index in [1.807, 2.05) is 84.2 Å². The number of aromatic nitrogens is 2. The molecule has 1 fully saturated rings. The summed E-state index contributed by atoms with van der Waals surface area (Å²) in [5.74, 6) is 2.91. The highest BCUT2D eigenvalue weighted by Gasteiger charge is 2.44. The Kier molecular flexibility index (Phi) is 13.5. The number of hydrogen-bond donors (Lipinski definition) is 1. The number of carbonyl (C=O) groups is 1. The van der Waals surface area contributed by atoms with Crippen molar-refractivity contribution in [2.45, 2.75) is 89.9 Å². The summed E-state index contributed by atoms with van der Waals surface area (Å²) < 4.78 is 39.9. The lowest BCUT2D eigenvalue weighted by Gasteiger charge is -2.49. The van der Waals surface area contributed by atoms with Crippen LogP contribution in [0.5, 0.6) is 23.0 Å². The first-order chi connectivity index (χ1) is 32.6. The first-order valence-electron chi connectivity index (χ1n) is 23.6. The van der Waals surface area contributed by atoms with Gasteiger partial charge in [0.05, 0.1) is 53.4 Å². The van der Waals surface area contributed by atoms with Crippen LogP contribution in [0, 0.1) is 18.8 Å². The minimum Gasteiger partial charge on any atom is -0.493 e. The number of ether oxygens (including phenoxy) is 6. The second-order valence-electron chi connectivity index (χ2n) is 18.4. The first-order valence-corrected chi connectivity index (χ1v) is 23.6. The molecule has 0 unspecified atom stereocenters. The van der Waals surface area contributed by atoms with Crippen molar-refractivity contribution in [3.8, 4) is 28.7 Å². The number of nitrogens with zero attached hydrogens (tertiary/aromatic N) is 4. The number of methoxy groups -OCH3 is 4. The predicted molar refractivity (Wildman–Crippen MR) is 255 cm³/mol. The molecule has 0 saturated carbocycles. The Labute approximate surface area is 393 Å². The number of rotatable bonds is 14. The van der Waals surface area contributed by atoms with Gasteiger partial charge in [0.25, 0.3) is 11.5 Å². The van der Waals surface area contributed by atoms with Gasteiger partial charge in [0.1, 0.15) is 0 Å². The Hall–Kier alpha value is -6.02. The van der Waals surface area contributed by atoms with Gasteiger partial charge in [-0.1, -0.05) is 55.8 Å². The van der Waals surface area contributed by atoms with Crippen molar-refractivity contribution in [2.75, 3.05) is 48.1 Å². The standard InChI is InChI=1S/C54H64N4O9/c1-8-36-30-56-20-18-37-24-46(62-4)48(64-6)28-42(37)44(56)22-39(36)23-45-43-29-49(65-7)47(63-5)25-38(43)19-21-57(45)53(60)50-26-40(27-51(67-50)66-32-35-16-14-34(31-59)15-17-35)52-33(2)55(3)58(54(52)61)41-12-10-9-11-13-41/h9-17,24-26,28-29,36,39-40,44-45,51,59H,8,18-23,27,30-32H2,1-7H3/t36-,39+,40-,44-,45+,51+/m0/s1. The molecule has 0 bridgehead atoms. The zero-order chi connectivity index (χ0) is 46.9.